The summed E-state index contributed by atoms with van der Waals surface area (Å²) in [5, 5.41) is 1.90. The summed E-state index contributed by atoms with van der Waals surface area (Å²) in [6.45, 7) is 0. The Balaban J connectivity index is 2.59. The quantitative estimate of drug-likeness (QED) is 0.616. The average molecular weight is 135 g/mol. The summed E-state index contributed by atoms with van der Waals surface area (Å²) in [4.78, 5) is 0. The van der Waals surface area contributed by atoms with Gasteiger partial charge in [-0.2, -0.15) is 0 Å². The fraction of sp³-hybridized carbons (Fsp3) is 0.250. The first kappa shape index (κ1) is 7.09. The number of anilines is 1. The molecule has 0 unspecified atom stereocenters. The van der Waals surface area contributed by atoms with Gasteiger partial charge in [0.15, 0.2) is 0 Å². The van der Waals surface area contributed by atoms with Crippen LogP contribution >= 0.6 is 0 Å². The minimum absolute atomic E-state index is 1.09. The van der Waals surface area contributed by atoms with Crippen LogP contribution in [0.4, 0.5) is 5.69 Å². The Morgan fingerprint density at radius 2 is 1.90 bits per heavy atom. The smallest absolute Gasteiger partial charge is 0.0490 e. The van der Waals surface area contributed by atoms with E-state index < -0.39 is 0 Å². The molecular weight excluding hydrogens is 124 g/mol. The van der Waals surface area contributed by atoms with Crippen molar-refractivity contribution in [2.24, 2.45) is 0 Å². The van der Waals surface area contributed by atoms with Crippen molar-refractivity contribution in [3.63, 3.8) is 0 Å². The first-order valence-corrected chi connectivity index (χ1v) is 3.19. The lowest BCUT2D eigenvalue weighted by atomic mass is 10.3. The molecule has 2 heteroatoms. The third-order valence-corrected chi connectivity index (χ3v) is 1.07. The van der Waals surface area contributed by atoms with E-state index in [0.29, 0.717) is 0 Å². The van der Waals surface area contributed by atoms with Crippen molar-refractivity contribution in [3.8, 4) is 0 Å². The molecule has 10 heavy (non-hydrogen) atoms. The largest absolute Gasteiger partial charge is 0.319 e. The molecule has 1 aromatic rings. The molecule has 0 aromatic heterocycles. The molecule has 0 fully saturated rings. The maximum Gasteiger partial charge on any atom is 0.0490 e. The summed E-state index contributed by atoms with van der Waals surface area (Å²) >= 11 is 0. The molecule has 0 aliphatic carbocycles. The second kappa shape index (κ2) is 3.22. The molecule has 0 amide bonds. The molecule has 2 nitrogen and oxygen atoms in total. The van der Waals surface area contributed by atoms with Gasteiger partial charge in [0.25, 0.3) is 0 Å². The molecule has 0 atom stereocenters. The number of nitrogens with one attached hydrogen (secondary N) is 1. The number of hydrogen-bond acceptors (Lipinski definition) is 2. The maximum atomic E-state index is 3.12. The van der Waals surface area contributed by atoms with Gasteiger partial charge in [0, 0.05) is 19.8 Å². The molecule has 0 bridgehead atoms. The van der Waals surface area contributed by atoms with Gasteiger partial charge in [0.05, 0.1) is 0 Å². The van der Waals surface area contributed by atoms with Gasteiger partial charge in [-0.1, -0.05) is 12.1 Å². The van der Waals surface area contributed by atoms with Crippen molar-refractivity contribution in [3.05, 3.63) is 30.3 Å². The van der Waals surface area contributed by atoms with Crippen LogP contribution in [0, 0.1) is 6.07 Å². The summed E-state index contributed by atoms with van der Waals surface area (Å²) < 4.78 is 0. The zero-order chi connectivity index (χ0) is 7.40. The van der Waals surface area contributed by atoms with Gasteiger partial charge in [-0.3, -0.25) is 0 Å². The molecule has 1 aromatic carbocycles. The summed E-state index contributed by atoms with van der Waals surface area (Å²) in [7, 11) is 3.91. The highest BCUT2D eigenvalue weighted by atomic mass is 15.5. The van der Waals surface area contributed by atoms with E-state index >= 15 is 0 Å². The van der Waals surface area contributed by atoms with Crippen molar-refractivity contribution in [2.45, 2.75) is 0 Å². The van der Waals surface area contributed by atoms with E-state index in [9.17, 15) is 0 Å². The lowest BCUT2D eigenvalue weighted by molar-refractivity contribution is 0.495. The zero-order valence-electron chi connectivity index (χ0n) is 6.26. The van der Waals surface area contributed by atoms with E-state index in [2.05, 4.69) is 11.5 Å². The Hall–Kier alpha value is -1.02. The van der Waals surface area contributed by atoms with Gasteiger partial charge < -0.3 is 5.43 Å². The van der Waals surface area contributed by atoms with Crippen molar-refractivity contribution < 1.29 is 0 Å². The van der Waals surface area contributed by atoms with Gasteiger partial charge in [0.2, 0.25) is 0 Å². The lowest BCUT2D eigenvalue weighted by Crippen LogP contribution is -2.19. The van der Waals surface area contributed by atoms with Crippen LogP contribution < -0.4 is 5.43 Å². The molecule has 0 aliphatic heterocycles. The Morgan fingerprint density at radius 3 is 2.40 bits per heavy atom. The first-order chi connectivity index (χ1) is 4.79. The van der Waals surface area contributed by atoms with Crippen LogP contribution in [0.2, 0.25) is 0 Å². The number of hydrazine groups is 1. The molecule has 1 rings (SSSR count). The molecule has 0 heterocycles. The average Bonchev–Trinajstić information content (AvgIpc) is 1.88. The van der Waals surface area contributed by atoms with Gasteiger partial charge in [-0.05, 0) is 18.2 Å². The Bertz CT molecular complexity index is 182. The molecular formula is C8H11N2. The maximum absolute atomic E-state index is 3.12. The minimum atomic E-state index is 1.09. The lowest BCUT2D eigenvalue weighted by Gasteiger charge is -2.12. The second-order valence-corrected chi connectivity index (χ2v) is 2.29. The summed E-state index contributed by atoms with van der Waals surface area (Å²) in [6.07, 6.45) is 0. The van der Waals surface area contributed by atoms with Gasteiger partial charge >= 0.3 is 0 Å². The molecule has 0 saturated heterocycles. The van der Waals surface area contributed by atoms with Crippen LogP contribution in [0.1, 0.15) is 0 Å². The van der Waals surface area contributed by atoms with Crippen LogP contribution in [0.5, 0.6) is 0 Å². The Morgan fingerprint density at radius 1 is 1.30 bits per heavy atom. The van der Waals surface area contributed by atoms with Crippen molar-refractivity contribution in [1.29, 1.82) is 0 Å². The zero-order valence-corrected chi connectivity index (χ0v) is 6.26. The summed E-state index contributed by atoms with van der Waals surface area (Å²) in [5.41, 5.74) is 4.20. The van der Waals surface area contributed by atoms with Gasteiger partial charge in [0.1, 0.15) is 0 Å². The van der Waals surface area contributed by atoms with E-state index in [-0.39, 0.29) is 0 Å². The molecule has 0 spiro atoms. The second-order valence-electron chi connectivity index (χ2n) is 2.29. The number of nitrogens with zero attached hydrogens (tertiary/aromatic N) is 1. The Kier molecular flexibility index (Phi) is 2.29. The topological polar surface area (TPSA) is 15.3 Å². The predicted octanol–water partition coefficient (Wildman–Crippen LogP) is 1.38. The normalized spacial score (nSPS) is 9.90. The molecule has 53 valence electrons. The van der Waals surface area contributed by atoms with Crippen LogP contribution in [-0.4, -0.2) is 19.1 Å². The van der Waals surface area contributed by atoms with E-state index in [1.54, 1.807) is 0 Å². The predicted molar refractivity (Wildman–Crippen MR) is 42.6 cm³/mol. The van der Waals surface area contributed by atoms with Crippen LogP contribution in [0.15, 0.2) is 24.3 Å². The molecule has 0 saturated carbocycles. The van der Waals surface area contributed by atoms with Crippen LogP contribution in [0.3, 0.4) is 0 Å². The highest BCUT2D eigenvalue weighted by Crippen LogP contribution is 2.03. The third kappa shape index (κ3) is 2.07. The highest BCUT2D eigenvalue weighted by molar-refractivity contribution is 5.40. The number of hydrogen-bond donors (Lipinski definition) is 1. The first-order valence-electron chi connectivity index (χ1n) is 3.19. The number of rotatable bonds is 2. The minimum Gasteiger partial charge on any atom is -0.319 e. The van der Waals surface area contributed by atoms with Crippen molar-refractivity contribution >= 4 is 5.69 Å². The number of benzene rings is 1. The van der Waals surface area contributed by atoms with Crippen LogP contribution in [-0.2, 0) is 0 Å². The van der Waals surface area contributed by atoms with Crippen LogP contribution in [0.25, 0.3) is 0 Å². The summed E-state index contributed by atoms with van der Waals surface area (Å²) in [6, 6.07) is 10.7. The standard InChI is InChI=1S/C8H11N2/c1-10(2)9-8-6-4-3-5-7-8/h4-7,9H,1-2H3. The fourth-order valence-electron chi connectivity index (χ4n) is 0.720. The molecule has 1 N–H and O–H groups in total. The van der Waals surface area contributed by atoms with Crippen molar-refractivity contribution in [2.75, 3.05) is 19.5 Å². The van der Waals surface area contributed by atoms with E-state index in [0.717, 1.165) is 5.69 Å². The van der Waals surface area contributed by atoms with E-state index in [1.807, 2.05) is 43.4 Å². The SMILES string of the molecule is CN(C)Nc1cc[c]cc1. The molecule has 0 aliphatic rings. The van der Waals surface area contributed by atoms with E-state index in [1.165, 1.54) is 0 Å². The van der Waals surface area contributed by atoms with E-state index in [4.69, 9.17) is 0 Å². The fourth-order valence-corrected chi connectivity index (χ4v) is 0.720. The molecule has 1 radical (unpaired) electrons. The monoisotopic (exact) mass is 135 g/mol. The third-order valence-electron chi connectivity index (χ3n) is 1.07. The van der Waals surface area contributed by atoms with Gasteiger partial charge in [-0.25, -0.2) is 5.01 Å². The summed E-state index contributed by atoms with van der Waals surface area (Å²) in [5.74, 6) is 0. The van der Waals surface area contributed by atoms with Crippen molar-refractivity contribution in [1.82, 2.24) is 5.01 Å². The highest BCUT2D eigenvalue weighted by Gasteiger charge is 1.87. The van der Waals surface area contributed by atoms with Gasteiger partial charge in [-0.15, -0.1) is 0 Å². The Labute approximate surface area is 61.4 Å².